The maximum absolute atomic E-state index is 13.2. The predicted octanol–water partition coefficient (Wildman–Crippen LogP) is 2.08. The smallest absolute Gasteiger partial charge is 0.164 e. The predicted molar refractivity (Wildman–Crippen MR) is 109 cm³/mol. The molecule has 0 bridgehead atoms. The van der Waals surface area contributed by atoms with Gasteiger partial charge in [0, 0.05) is 25.5 Å². The fraction of sp³-hybridized carbons (Fsp3) is 0.667. The molecular formula is C18H26ClN5O5S. The highest BCUT2D eigenvalue weighted by molar-refractivity contribution is 7.91. The second-order valence-electron chi connectivity index (χ2n) is 7.30. The van der Waals surface area contributed by atoms with Gasteiger partial charge in [-0.2, -0.15) is 0 Å². The minimum absolute atomic E-state index is 0.0566. The van der Waals surface area contributed by atoms with Crippen molar-refractivity contribution in [1.82, 2.24) is 24.7 Å². The number of nitrogens with zero attached hydrogens (tertiary/aromatic N) is 5. The van der Waals surface area contributed by atoms with E-state index in [0.717, 1.165) is 0 Å². The van der Waals surface area contributed by atoms with E-state index in [1.54, 1.807) is 11.5 Å². The highest BCUT2D eigenvalue weighted by Crippen LogP contribution is 2.28. The summed E-state index contributed by atoms with van der Waals surface area (Å²) in [6, 6.07) is -0.0566. The van der Waals surface area contributed by atoms with E-state index in [0.29, 0.717) is 36.5 Å². The summed E-state index contributed by atoms with van der Waals surface area (Å²) in [6.07, 6.45) is 1.58. The van der Waals surface area contributed by atoms with Gasteiger partial charge in [0.05, 0.1) is 30.1 Å². The molecule has 1 fully saturated rings. The minimum atomic E-state index is -3.69. The number of aromatic nitrogens is 5. The number of halogens is 1. The molecule has 10 nitrogen and oxygen atoms in total. The van der Waals surface area contributed by atoms with Gasteiger partial charge in [-0.25, -0.2) is 18.4 Å². The molecule has 0 aromatic carbocycles. The SMILES string of the molecule is CO[C@H](c1ncc(Cl)cn1)[C@H](C)S(=O)(=O)Cc1nnc([C@@H]2COCCO2)n1C(C)C. The van der Waals surface area contributed by atoms with Gasteiger partial charge in [-0.1, -0.05) is 11.6 Å². The quantitative estimate of drug-likeness (QED) is 0.584. The normalized spacial score (nSPS) is 19.7. The first kappa shape index (κ1) is 23.0. The van der Waals surface area contributed by atoms with E-state index in [4.69, 9.17) is 25.8 Å². The van der Waals surface area contributed by atoms with Crippen LogP contribution in [0.5, 0.6) is 0 Å². The molecule has 166 valence electrons. The molecule has 0 radical (unpaired) electrons. The Balaban J connectivity index is 1.86. The molecule has 0 amide bonds. The van der Waals surface area contributed by atoms with Crippen LogP contribution in [0.4, 0.5) is 0 Å². The summed E-state index contributed by atoms with van der Waals surface area (Å²) in [5.41, 5.74) is 0. The summed E-state index contributed by atoms with van der Waals surface area (Å²) in [5, 5.41) is 7.81. The van der Waals surface area contributed by atoms with E-state index in [1.807, 2.05) is 13.8 Å². The molecule has 2 aromatic heterocycles. The van der Waals surface area contributed by atoms with E-state index in [-0.39, 0.29) is 23.7 Å². The monoisotopic (exact) mass is 459 g/mol. The zero-order valence-corrected chi connectivity index (χ0v) is 18.9. The number of methoxy groups -OCH3 is 1. The molecule has 2 aromatic rings. The Kier molecular flexibility index (Phi) is 7.40. The highest BCUT2D eigenvalue weighted by Gasteiger charge is 2.35. The Bertz CT molecular complexity index is 944. The Morgan fingerprint density at radius 1 is 1.23 bits per heavy atom. The molecule has 3 rings (SSSR count). The van der Waals surface area contributed by atoms with Crippen molar-refractivity contribution < 1.29 is 22.6 Å². The van der Waals surface area contributed by atoms with Gasteiger partial charge in [0.2, 0.25) is 0 Å². The third-order valence-electron chi connectivity index (χ3n) is 4.88. The number of hydrogen-bond acceptors (Lipinski definition) is 9. The molecule has 12 heteroatoms. The fourth-order valence-electron chi connectivity index (χ4n) is 3.33. The van der Waals surface area contributed by atoms with Crippen molar-refractivity contribution in [2.24, 2.45) is 0 Å². The van der Waals surface area contributed by atoms with Crippen LogP contribution in [-0.2, 0) is 29.8 Å². The van der Waals surface area contributed by atoms with Gasteiger partial charge in [-0.05, 0) is 20.8 Å². The van der Waals surface area contributed by atoms with Crippen molar-refractivity contribution in [2.45, 2.75) is 50.0 Å². The lowest BCUT2D eigenvalue weighted by atomic mass is 10.2. The number of rotatable bonds is 8. The summed E-state index contributed by atoms with van der Waals surface area (Å²) in [4.78, 5) is 8.21. The third kappa shape index (κ3) is 4.97. The van der Waals surface area contributed by atoms with Crippen molar-refractivity contribution in [2.75, 3.05) is 26.9 Å². The lowest BCUT2D eigenvalue weighted by Crippen LogP contribution is -2.30. The number of hydrogen-bond donors (Lipinski definition) is 0. The summed E-state index contributed by atoms with van der Waals surface area (Å²) in [5.74, 6) is 0.844. The van der Waals surface area contributed by atoms with Gasteiger partial charge in [0.1, 0.15) is 23.8 Å². The van der Waals surface area contributed by atoms with Gasteiger partial charge in [0.15, 0.2) is 21.5 Å². The van der Waals surface area contributed by atoms with Gasteiger partial charge < -0.3 is 18.8 Å². The van der Waals surface area contributed by atoms with E-state index in [2.05, 4.69) is 20.2 Å². The second kappa shape index (κ2) is 9.65. The Labute approximate surface area is 180 Å². The van der Waals surface area contributed by atoms with Crippen LogP contribution in [0.2, 0.25) is 5.02 Å². The van der Waals surface area contributed by atoms with Crippen molar-refractivity contribution in [3.63, 3.8) is 0 Å². The molecule has 1 aliphatic rings. The molecule has 1 aliphatic heterocycles. The standard InChI is InChI=1S/C18H26ClN5O5S/c1-11(2)24-15(22-23-18(24)14-9-28-5-6-29-14)10-30(25,26)12(3)16(27-4)17-20-7-13(19)8-21-17/h7-8,11-12,14,16H,5-6,9-10H2,1-4H3/t12-,14-,16-/m0/s1. The minimum Gasteiger partial charge on any atom is -0.376 e. The molecule has 1 saturated heterocycles. The van der Waals surface area contributed by atoms with Crippen LogP contribution in [0.1, 0.15) is 56.5 Å². The van der Waals surface area contributed by atoms with Crippen molar-refractivity contribution in [1.29, 1.82) is 0 Å². The Morgan fingerprint density at radius 2 is 1.93 bits per heavy atom. The van der Waals surface area contributed by atoms with Gasteiger partial charge >= 0.3 is 0 Å². The molecular weight excluding hydrogens is 434 g/mol. The second-order valence-corrected chi connectivity index (χ2v) is 10.1. The average Bonchev–Trinajstić information content (AvgIpc) is 3.13. The van der Waals surface area contributed by atoms with Gasteiger partial charge in [0.25, 0.3) is 0 Å². The van der Waals surface area contributed by atoms with E-state index in [1.165, 1.54) is 19.5 Å². The number of sulfone groups is 1. The van der Waals surface area contributed by atoms with Crippen LogP contribution in [0.15, 0.2) is 12.4 Å². The first-order valence-electron chi connectivity index (χ1n) is 9.59. The fourth-order valence-corrected chi connectivity index (χ4v) is 4.86. The number of ether oxygens (including phenoxy) is 3. The summed E-state index contributed by atoms with van der Waals surface area (Å²) < 4.78 is 44.8. The van der Waals surface area contributed by atoms with Gasteiger partial charge in [-0.3, -0.25) is 0 Å². The van der Waals surface area contributed by atoms with E-state index < -0.39 is 21.2 Å². The average molecular weight is 460 g/mol. The van der Waals surface area contributed by atoms with E-state index >= 15 is 0 Å². The summed E-state index contributed by atoms with van der Waals surface area (Å²) in [6.45, 7) is 6.78. The van der Waals surface area contributed by atoms with Crippen LogP contribution >= 0.6 is 11.6 Å². The zero-order valence-electron chi connectivity index (χ0n) is 17.4. The Morgan fingerprint density at radius 3 is 2.50 bits per heavy atom. The summed E-state index contributed by atoms with van der Waals surface area (Å²) in [7, 11) is -2.27. The molecule has 0 unspecified atom stereocenters. The van der Waals surface area contributed by atoms with Crippen molar-refractivity contribution in [3.8, 4) is 0 Å². The largest absolute Gasteiger partial charge is 0.376 e. The lowest BCUT2D eigenvalue weighted by Gasteiger charge is -2.25. The molecule has 0 saturated carbocycles. The lowest BCUT2D eigenvalue weighted by molar-refractivity contribution is -0.0950. The maximum atomic E-state index is 13.2. The molecule has 0 aliphatic carbocycles. The van der Waals surface area contributed by atoms with Gasteiger partial charge in [-0.15, -0.1) is 10.2 Å². The van der Waals surface area contributed by atoms with Crippen LogP contribution in [0.25, 0.3) is 0 Å². The molecule has 30 heavy (non-hydrogen) atoms. The van der Waals surface area contributed by atoms with E-state index in [9.17, 15) is 8.42 Å². The maximum Gasteiger partial charge on any atom is 0.164 e. The van der Waals surface area contributed by atoms with Crippen LogP contribution in [-0.4, -0.2) is 65.3 Å². The van der Waals surface area contributed by atoms with Crippen LogP contribution in [0.3, 0.4) is 0 Å². The molecule has 3 atom stereocenters. The highest BCUT2D eigenvalue weighted by atomic mass is 35.5. The van der Waals surface area contributed by atoms with Crippen LogP contribution < -0.4 is 0 Å². The first-order chi connectivity index (χ1) is 14.2. The Hall–Kier alpha value is -1.66. The zero-order chi connectivity index (χ0) is 21.9. The summed E-state index contributed by atoms with van der Waals surface area (Å²) >= 11 is 5.83. The van der Waals surface area contributed by atoms with Crippen molar-refractivity contribution >= 4 is 21.4 Å². The van der Waals surface area contributed by atoms with Crippen LogP contribution in [0, 0.1) is 0 Å². The first-order valence-corrected chi connectivity index (χ1v) is 11.7. The molecule has 0 N–H and O–H groups in total. The third-order valence-corrected chi connectivity index (χ3v) is 7.12. The topological polar surface area (TPSA) is 118 Å². The molecule has 3 heterocycles. The van der Waals surface area contributed by atoms with Crippen molar-refractivity contribution in [3.05, 3.63) is 34.9 Å². The molecule has 0 spiro atoms.